The lowest BCUT2D eigenvalue weighted by Crippen LogP contribution is -2.57. The molecule has 2 rings (SSSR count). The first-order valence-electron chi connectivity index (χ1n) is 11.2. The number of guanidine groups is 1. The van der Waals surface area contributed by atoms with Crippen LogP contribution in [-0.4, -0.2) is 99.6 Å². The van der Waals surface area contributed by atoms with E-state index in [9.17, 15) is 29.4 Å². The number of nitrogens with two attached hydrogens (primary N) is 3. The predicted molar refractivity (Wildman–Crippen MR) is 119 cm³/mol. The highest BCUT2D eigenvalue weighted by molar-refractivity contribution is 5.95. The van der Waals surface area contributed by atoms with E-state index in [0.717, 1.165) is 0 Å². The van der Waals surface area contributed by atoms with Crippen molar-refractivity contribution in [2.75, 3.05) is 19.6 Å². The van der Waals surface area contributed by atoms with Gasteiger partial charge in [-0.2, -0.15) is 0 Å². The third-order valence-electron chi connectivity index (χ3n) is 6.02. The first-order chi connectivity index (χ1) is 15.5. The van der Waals surface area contributed by atoms with E-state index in [-0.39, 0.29) is 24.8 Å². The molecule has 2 fully saturated rings. The van der Waals surface area contributed by atoms with Gasteiger partial charge in [0, 0.05) is 19.6 Å². The fourth-order valence-electron chi connectivity index (χ4n) is 4.21. The summed E-state index contributed by atoms with van der Waals surface area (Å²) in [5, 5.41) is 21.6. The molecule has 5 unspecified atom stereocenters. The van der Waals surface area contributed by atoms with Gasteiger partial charge in [-0.25, -0.2) is 4.79 Å². The van der Waals surface area contributed by atoms with Crippen molar-refractivity contribution in [3.8, 4) is 0 Å². The van der Waals surface area contributed by atoms with Crippen molar-refractivity contribution in [3.05, 3.63) is 0 Å². The second-order valence-corrected chi connectivity index (χ2v) is 8.49. The van der Waals surface area contributed by atoms with E-state index in [1.54, 1.807) is 0 Å². The summed E-state index contributed by atoms with van der Waals surface area (Å²) in [5.41, 5.74) is 16.3. The number of aliphatic hydroxyl groups excluding tert-OH is 1. The maximum Gasteiger partial charge on any atom is 0.326 e. The molecular weight excluding hydrogens is 434 g/mol. The number of aliphatic imine (C=N–C) groups is 1. The lowest BCUT2D eigenvalue weighted by molar-refractivity contribution is -0.149. The van der Waals surface area contributed by atoms with Gasteiger partial charge < -0.3 is 42.5 Å². The van der Waals surface area contributed by atoms with Gasteiger partial charge in [-0.1, -0.05) is 0 Å². The molecule has 0 saturated carbocycles. The number of nitrogens with zero attached hydrogens (tertiary/aromatic N) is 3. The maximum absolute atomic E-state index is 13.3. The lowest BCUT2D eigenvalue weighted by Gasteiger charge is -2.32. The molecule has 0 radical (unpaired) electrons. The zero-order chi connectivity index (χ0) is 24.7. The number of hydrogen-bond donors (Lipinski definition) is 6. The molecule has 2 heterocycles. The smallest absolute Gasteiger partial charge is 0.326 e. The molecule has 5 atom stereocenters. The van der Waals surface area contributed by atoms with Crippen LogP contribution in [0.15, 0.2) is 4.99 Å². The van der Waals surface area contributed by atoms with Crippen molar-refractivity contribution in [1.82, 2.24) is 15.1 Å². The molecule has 0 aromatic heterocycles. The van der Waals surface area contributed by atoms with Crippen LogP contribution in [0.5, 0.6) is 0 Å². The number of aliphatic hydroxyl groups is 1. The summed E-state index contributed by atoms with van der Waals surface area (Å²) in [7, 11) is 0. The average molecular weight is 470 g/mol. The molecule has 0 spiro atoms. The van der Waals surface area contributed by atoms with Gasteiger partial charge in [-0.05, 0) is 45.4 Å². The van der Waals surface area contributed by atoms with E-state index in [2.05, 4.69) is 10.3 Å². The van der Waals surface area contributed by atoms with Crippen LogP contribution in [0.2, 0.25) is 0 Å². The Morgan fingerprint density at radius 3 is 2.27 bits per heavy atom. The maximum atomic E-state index is 13.3. The molecule has 13 heteroatoms. The van der Waals surface area contributed by atoms with E-state index in [4.69, 9.17) is 17.2 Å². The summed E-state index contributed by atoms with van der Waals surface area (Å²) in [6.07, 6.45) is 1.44. The van der Waals surface area contributed by atoms with Crippen LogP contribution in [-0.2, 0) is 19.2 Å². The number of carbonyl (C=O) groups excluding carboxylic acids is 3. The minimum absolute atomic E-state index is 0.0974. The van der Waals surface area contributed by atoms with Gasteiger partial charge in [-0.15, -0.1) is 0 Å². The standard InChI is InChI=1S/C20H35N7O6/c1-11(28)15(21)18(31)27-10-4-7-14(27)17(30)26-9-3-6-13(26)16(29)25-12(19(32)33)5-2-8-24-20(22)23/h11-15,28H,2-10,21H2,1H3,(H,25,29)(H,32,33)(H4,22,23,24). The largest absolute Gasteiger partial charge is 0.480 e. The molecule has 2 saturated heterocycles. The number of hydrogen-bond acceptors (Lipinski definition) is 7. The number of carboxylic acids is 1. The molecular formula is C20H35N7O6. The van der Waals surface area contributed by atoms with Crippen LogP contribution < -0.4 is 22.5 Å². The Labute approximate surface area is 192 Å². The number of likely N-dealkylation sites (tertiary alicyclic amines) is 2. The molecule has 13 nitrogen and oxygen atoms in total. The SMILES string of the molecule is CC(O)C(N)C(=O)N1CCCC1C(=O)N1CCCC1C(=O)NC(CCCN=C(N)N)C(=O)O. The molecule has 0 aromatic rings. The van der Waals surface area contributed by atoms with Crippen LogP contribution in [0.3, 0.4) is 0 Å². The third-order valence-corrected chi connectivity index (χ3v) is 6.02. The molecule has 3 amide bonds. The highest BCUT2D eigenvalue weighted by Gasteiger charge is 2.43. The fourth-order valence-corrected chi connectivity index (χ4v) is 4.21. The van der Waals surface area contributed by atoms with E-state index in [1.165, 1.54) is 16.7 Å². The van der Waals surface area contributed by atoms with Crippen molar-refractivity contribution in [2.45, 2.75) is 75.7 Å². The van der Waals surface area contributed by atoms with Crippen molar-refractivity contribution < 1.29 is 29.4 Å². The average Bonchev–Trinajstić information content (AvgIpc) is 3.43. The molecule has 0 bridgehead atoms. The summed E-state index contributed by atoms with van der Waals surface area (Å²) in [5.74, 6) is -2.71. The minimum atomic E-state index is -1.19. The Morgan fingerprint density at radius 2 is 1.70 bits per heavy atom. The van der Waals surface area contributed by atoms with E-state index in [1.807, 2.05) is 0 Å². The summed E-state index contributed by atoms with van der Waals surface area (Å²) < 4.78 is 0. The van der Waals surface area contributed by atoms with E-state index in [0.29, 0.717) is 45.2 Å². The Balaban J connectivity index is 2.03. The number of rotatable bonds is 10. The van der Waals surface area contributed by atoms with E-state index < -0.39 is 48.1 Å². The Morgan fingerprint density at radius 1 is 1.09 bits per heavy atom. The lowest BCUT2D eigenvalue weighted by atomic mass is 10.1. The fraction of sp³-hybridized carbons (Fsp3) is 0.750. The van der Waals surface area contributed by atoms with Gasteiger partial charge >= 0.3 is 5.97 Å². The molecule has 186 valence electrons. The van der Waals surface area contributed by atoms with Crippen LogP contribution in [0.4, 0.5) is 0 Å². The van der Waals surface area contributed by atoms with Gasteiger partial charge in [0.25, 0.3) is 0 Å². The van der Waals surface area contributed by atoms with Gasteiger partial charge in [-0.3, -0.25) is 19.4 Å². The van der Waals surface area contributed by atoms with Crippen molar-refractivity contribution in [3.63, 3.8) is 0 Å². The van der Waals surface area contributed by atoms with Crippen molar-refractivity contribution in [2.24, 2.45) is 22.2 Å². The third kappa shape index (κ3) is 6.78. The number of aliphatic carboxylic acids is 1. The molecule has 0 aromatic carbocycles. The quantitative estimate of drug-likeness (QED) is 0.111. The predicted octanol–water partition coefficient (Wildman–Crippen LogP) is -2.70. The molecule has 9 N–H and O–H groups in total. The van der Waals surface area contributed by atoms with Crippen LogP contribution >= 0.6 is 0 Å². The van der Waals surface area contributed by atoms with Crippen LogP contribution in [0, 0.1) is 0 Å². The van der Waals surface area contributed by atoms with Gasteiger partial charge in [0.05, 0.1) is 6.10 Å². The number of carbonyl (C=O) groups is 4. The van der Waals surface area contributed by atoms with Gasteiger partial charge in [0.2, 0.25) is 17.7 Å². The topological polar surface area (TPSA) is 218 Å². The summed E-state index contributed by atoms with van der Waals surface area (Å²) >= 11 is 0. The van der Waals surface area contributed by atoms with Gasteiger partial charge in [0.1, 0.15) is 24.2 Å². The van der Waals surface area contributed by atoms with Crippen molar-refractivity contribution in [1.29, 1.82) is 0 Å². The molecule has 2 aliphatic rings. The summed E-state index contributed by atoms with van der Waals surface area (Å²) in [6, 6.07) is -3.85. The Hall–Kier alpha value is -2.93. The number of carboxylic acid groups (broad SMARTS) is 1. The Bertz CT molecular complexity index is 770. The van der Waals surface area contributed by atoms with Crippen LogP contribution in [0.1, 0.15) is 45.4 Å². The summed E-state index contributed by atoms with van der Waals surface area (Å²) in [6.45, 7) is 2.32. The first-order valence-corrected chi connectivity index (χ1v) is 11.2. The van der Waals surface area contributed by atoms with Crippen LogP contribution in [0.25, 0.3) is 0 Å². The highest BCUT2D eigenvalue weighted by atomic mass is 16.4. The second kappa shape index (κ2) is 11.8. The molecule has 0 aliphatic carbocycles. The minimum Gasteiger partial charge on any atom is -0.480 e. The molecule has 2 aliphatic heterocycles. The van der Waals surface area contributed by atoms with Gasteiger partial charge in [0.15, 0.2) is 5.96 Å². The normalized spacial score (nSPS) is 23.0. The first kappa shape index (κ1) is 26.3. The zero-order valence-electron chi connectivity index (χ0n) is 18.9. The highest BCUT2D eigenvalue weighted by Crippen LogP contribution is 2.25. The molecule has 33 heavy (non-hydrogen) atoms. The second-order valence-electron chi connectivity index (χ2n) is 8.49. The van der Waals surface area contributed by atoms with E-state index >= 15 is 0 Å². The number of amides is 3. The van der Waals surface area contributed by atoms with Crippen molar-refractivity contribution >= 4 is 29.7 Å². The Kier molecular flexibility index (Phi) is 9.41. The zero-order valence-corrected chi connectivity index (χ0v) is 18.9. The summed E-state index contributed by atoms with van der Waals surface area (Å²) in [4.78, 5) is 56.9. The number of nitrogens with one attached hydrogen (secondary N) is 1. The monoisotopic (exact) mass is 469 g/mol.